The Balaban J connectivity index is 1.66. The van der Waals surface area contributed by atoms with Crippen LogP contribution in [0, 0.1) is 11.3 Å². The Morgan fingerprint density at radius 3 is 2.76 bits per heavy atom. The highest BCUT2D eigenvalue weighted by Gasteiger charge is 2.21. The van der Waals surface area contributed by atoms with Crippen LogP contribution in [-0.4, -0.2) is 58.9 Å². The van der Waals surface area contributed by atoms with E-state index in [2.05, 4.69) is 26.0 Å². The summed E-state index contributed by atoms with van der Waals surface area (Å²) in [6.45, 7) is 3.33. The van der Waals surface area contributed by atoms with Crippen molar-refractivity contribution in [3.05, 3.63) is 36.2 Å². The molecule has 0 atom stereocenters. The molecule has 0 bridgehead atoms. The number of piperazine rings is 1. The highest BCUT2D eigenvalue weighted by molar-refractivity contribution is 5.73. The predicted molar refractivity (Wildman–Crippen MR) is 90.0 cm³/mol. The number of rotatable bonds is 4. The number of furan rings is 1. The highest BCUT2D eigenvalue weighted by atomic mass is 19.1. The Hall–Kier alpha value is -2.92. The topological polar surface area (TPSA) is 73.6 Å². The molecule has 4 rings (SSSR count). The SMILES string of the molecule is N#Cc1c(-c2ccco2)nn2ccc(N3CCN(CCF)CC3)nc12. The second-order valence-electron chi connectivity index (χ2n) is 5.88. The molecule has 128 valence electrons. The van der Waals surface area contributed by atoms with Gasteiger partial charge in [0.2, 0.25) is 0 Å². The second kappa shape index (κ2) is 6.53. The number of alkyl halides is 1. The molecule has 8 heteroatoms. The van der Waals surface area contributed by atoms with Gasteiger partial charge in [0.05, 0.1) is 6.26 Å². The van der Waals surface area contributed by atoms with E-state index in [0.29, 0.717) is 29.2 Å². The lowest BCUT2D eigenvalue weighted by molar-refractivity contribution is 0.235. The first-order valence-corrected chi connectivity index (χ1v) is 8.17. The van der Waals surface area contributed by atoms with Crippen LogP contribution in [0.2, 0.25) is 0 Å². The maximum Gasteiger partial charge on any atom is 0.175 e. The molecule has 25 heavy (non-hydrogen) atoms. The Bertz CT molecular complexity index is 905. The van der Waals surface area contributed by atoms with Gasteiger partial charge in [0.15, 0.2) is 11.4 Å². The maximum atomic E-state index is 12.5. The smallest absolute Gasteiger partial charge is 0.175 e. The van der Waals surface area contributed by atoms with Crippen LogP contribution in [0.1, 0.15) is 5.56 Å². The highest BCUT2D eigenvalue weighted by Crippen LogP contribution is 2.26. The quantitative estimate of drug-likeness (QED) is 0.723. The number of nitriles is 1. The second-order valence-corrected chi connectivity index (χ2v) is 5.88. The summed E-state index contributed by atoms with van der Waals surface area (Å²) in [7, 11) is 0. The van der Waals surface area contributed by atoms with Gasteiger partial charge in [-0.1, -0.05) is 0 Å². The molecule has 0 unspecified atom stereocenters. The van der Waals surface area contributed by atoms with Gasteiger partial charge in [-0.05, 0) is 18.2 Å². The molecule has 0 saturated carbocycles. The van der Waals surface area contributed by atoms with Crippen LogP contribution in [-0.2, 0) is 0 Å². The summed E-state index contributed by atoms with van der Waals surface area (Å²) in [6, 6.07) is 7.60. The minimum absolute atomic E-state index is 0.318. The van der Waals surface area contributed by atoms with E-state index >= 15 is 0 Å². The van der Waals surface area contributed by atoms with E-state index in [9.17, 15) is 9.65 Å². The minimum Gasteiger partial charge on any atom is -0.463 e. The van der Waals surface area contributed by atoms with Crippen molar-refractivity contribution in [2.75, 3.05) is 44.3 Å². The third kappa shape index (κ3) is 2.83. The molecule has 0 aliphatic carbocycles. The monoisotopic (exact) mass is 340 g/mol. The summed E-state index contributed by atoms with van der Waals surface area (Å²) in [5, 5.41) is 14.0. The standard InChI is InChI=1S/C17H17FN6O/c18-4-6-22-7-9-23(10-8-22)15-3-5-24-17(20-15)13(12-19)16(21-24)14-2-1-11-25-14/h1-3,5,11H,4,6-10H2. The van der Waals surface area contributed by atoms with E-state index in [-0.39, 0.29) is 6.67 Å². The zero-order valence-corrected chi connectivity index (χ0v) is 13.6. The lowest BCUT2D eigenvalue weighted by atomic mass is 10.2. The average Bonchev–Trinajstić information content (AvgIpc) is 3.29. The summed E-state index contributed by atoms with van der Waals surface area (Å²) in [5.41, 5.74) is 1.40. The van der Waals surface area contributed by atoms with E-state index in [1.807, 2.05) is 6.07 Å². The molecule has 1 saturated heterocycles. The zero-order chi connectivity index (χ0) is 17.2. The number of halogens is 1. The molecule has 1 aliphatic rings. The molecule has 1 fully saturated rings. The number of aromatic nitrogens is 3. The van der Waals surface area contributed by atoms with Crippen LogP contribution in [0.25, 0.3) is 17.1 Å². The molecule has 3 aromatic heterocycles. The Labute approximate surface area is 143 Å². The molecule has 0 amide bonds. The fourth-order valence-corrected chi connectivity index (χ4v) is 3.10. The van der Waals surface area contributed by atoms with E-state index in [1.54, 1.807) is 29.1 Å². The van der Waals surface area contributed by atoms with Crippen molar-refractivity contribution < 1.29 is 8.81 Å². The molecule has 1 aliphatic heterocycles. The molecule has 0 aromatic carbocycles. The Morgan fingerprint density at radius 2 is 2.08 bits per heavy atom. The van der Waals surface area contributed by atoms with Gasteiger partial charge >= 0.3 is 0 Å². The number of fused-ring (bicyclic) bond motifs is 1. The Morgan fingerprint density at radius 1 is 1.24 bits per heavy atom. The van der Waals surface area contributed by atoms with Crippen LogP contribution in [0.3, 0.4) is 0 Å². The van der Waals surface area contributed by atoms with Crippen molar-refractivity contribution in [2.24, 2.45) is 0 Å². The van der Waals surface area contributed by atoms with Crippen molar-refractivity contribution in [3.63, 3.8) is 0 Å². The molecule has 4 heterocycles. The van der Waals surface area contributed by atoms with E-state index < -0.39 is 0 Å². The molecular weight excluding hydrogens is 323 g/mol. The van der Waals surface area contributed by atoms with Crippen LogP contribution in [0.15, 0.2) is 35.1 Å². The average molecular weight is 340 g/mol. The first-order valence-electron chi connectivity index (χ1n) is 8.17. The first kappa shape index (κ1) is 15.6. The molecule has 0 radical (unpaired) electrons. The summed E-state index contributed by atoms with van der Waals surface area (Å²) in [4.78, 5) is 8.89. The molecule has 0 N–H and O–H groups in total. The molecule has 7 nitrogen and oxygen atoms in total. The van der Waals surface area contributed by atoms with Gasteiger partial charge < -0.3 is 9.32 Å². The number of hydrogen-bond donors (Lipinski definition) is 0. The number of anilines is 1. The van der Waals surface area contributed by atoms with Gasteiger partial charge in [0, 0.05) is 38.9 Å². The van der Waals surface area contributed by atoms with Crippen molar-refractivity contribution >= 4 is 11.5 Å². The number of hydrogen-bond acceptors (Lipinski definition) is 6. The fourth-order valence-electron chi connectivity index (χ4n) is 3.10. The number of nitrogens with zero attached hydrogens (tertiary/aromatic N) is 6. The van der Waals surface area contributed by atoms with E-state index in [4.69, 9.17) is 4.42 Å². The van der Waals surface area contributed by atoms with Crippen molar-refractivity contribution in [2.45, 2.75) is 0 Å². The van der Waals surface area contributed by atoms with Gasteiger partial charge in [0.1, 0.15) is 29.8 Å². The fraction of sp³-hybridized carbons (Fsp3) is 0.353. The van der Waals surface area contributed by atoms with Crippen LogP contribution >= 0.6 is 0 Å². The van der Waals surface area contributed by atoms with Gasteiger partial charge in [0.25, 0.3) is 0 Å². The van der Waals surface area contributed by atoms with E-state index in [1.165, 1.54) is 0 Å². The van der Waals surface area contributed by atoms with Gasteiger partial charge in [-0.25, -0.2) is 13.9 Å². The minimum atomic E-state index is -0.318. The Kier molecular flexibility index (Phi) is 4.07. The van der Waals surface area contributed by atoms with Crippen molar-refractivity contribution in [3.8, 4) is 17.5 Å². The largest absolute Gasteiger partial charge is 0.463 e. The third-order valence-electron chi connectivity index (χ3n) is 4.43. The van der Waals surface area contributed by atoms with Crippen molar-refractivity contribution in [1.29, 1.82) is 5.26 Å². The molecular formula is C17H17FN6O. The lowest BCUT2D eigenvalue weighted by Crippen LogP contribution is -2.47. The summed E-state index contributed by atoms with van der Waals surface area (Å²) in [5.74, 6) is 1.35. The first-order chi connectivity index (χ1) is 12.3. The summed E-state index contributed by atoms with van der Waals surface area (Å²) in [6.07, 6.45) is 3.36. The zero-order valence-electron chi connectivity index (χ0n) is 13.6. The maximum absolute atomic E-state index is 12.5. The lowest BCUT2D eigenvalue weighted by Gasteiger charge is -2.34. The molecule has 0 spiro atoms. The van der Waals surface area contributed by atoms with Crippen LogP contribution in [0.5, 0.6) is 0 Å². The van der Waals surface area contributed by atoms with Gasteiger partial charge in [-0.15, -0.1) is 0 Å². The van der Waals surface area contributed by atoms with Gasteiger partial charge in [-0.3, -0.25) is 4.90 Å². The molecule has 3 aromatic rings. The summed E-state index contributed by atoms with van der Waals surface area (Å²) >= 11 is 0. The summed E-state index contributed by atoms with van der Waals surface area (Å²) < 4.78 is 19.4. The van der Waals surface area contributed by atoms with Crippen LogP contribution in [0.4, 0.5) is 10.2 Å². The van der Waals surface area contributed by atoms with Gasteiger partial charge in [-0.2, -0.15) is 10.4 Å². The van der Waals surface area contributed by atoms with Crippen LogP contribution < -0.4 is 4.90 Å². The van der Waals surface area contributed by atoms with Crippen molar-refractivity contribution in [1.82, 2.24) is 19.5 Å². The third-order valence-corrected chi connectivity index (χ3v) is 4.43. The predicted octanol–water partition coefficient (Wildman–Crippen LogP) is 1.95. The normalized spacial score (nSPS) is 15.6. The van der Waals surface area contributed by atoms with E-state index in [0.717, 1.165) is 32.0 Å².